The summed E-state index contributed by atoms with van der Waals surface area (Å²) in [6, 6.07) is 8.31. The van der Waals surface area contributed by atoms with Crippen LogP contribution >= 0.6 is 11.6 Å². The summed E-state index contributed by atoms with van der Waals surface area (Å²) >= 11 is 6.49. The highest BCUT2D eigenvalue weighted by Crippen LogP contribution is 2.61. The number of hydrogen-bond acceptors (Lipinski definition) is 4. The molecule has 0 radical (unpaired) electrons. The van der Waals surface area contributed by atoms with Crippen molar-refractivity contribution in [2.45, 2.75) is 58.4 Å². The molecule has 2 saturated carbocycles. The molecule has 0 spiro atoms. The monoisotopic (exact) mass is 596 g/mol. The smallest absolute Gasteiger partial charge is 0.273 e. The van der Waals surface area contributed by atoms with E-state index in [-0.39, 0.29) is 34.1 Å². The van der Waals surface area contributed by atoms with Crippen LogP contribution in [0.4, 0.5) is 13.2 Å². The number of hydrogen-bond donors (Lipinski definition) is 1. The Hall–Kier alpha value is -3.98. The van der Waals surface area contributed by atoms with E-state index in [1.54, 1.807) is 51.2 Å². The van der Waals surface area contributed by atoms with Crippen molar-refractivity contribution in [1.29, 1.82) is 0 Å². The van der Waals surface area contributed by atoms with Crippen LogP contribution in [0.2, 0.25) is 5.02 Å². The van der Waals surface area contributed by atoms with Gasteiger partial charge in [-0.2, -0.15) is 0 Å². The van der Waals surface area contributed by atoms with E-state index in [1.807, 2.05) is 6.92 Å². The van der Waals surface area contributed by atoms with Crippen LogP contribution in [0.15, 0.2) is 70.6 Å². The third kappa shape index (κ3) is 6.90. The summed E-state index contributed by atoms with van der Waals surface area (Å²) in [5.74, 6) is -1.92. The standard InChI is InChI=1S/C28H25ClF3N3O.C4H7NO/c1-5-9-34-27(20-8-6-7-15(2)26(20)32)22(31)14-35-16(3)10-21(25(29)28(35)36)24-17(4)23(24)18-11-19(30)13-33-12-18;6-3-5-4-1-2-4/h5-14,17,23-24H,1-4H3;3-4H,1-2H2,(H,5,6)/b9-5+,22-14-,34-27+;. The number of aromatic nitrogens is 2. The Labute approximate surface area is 247 Å². The molecular formula is C32H32ClF3N4O2. The van der Waals surface area contributed by atoms with Gasteiger partial charge in [0.05, 0.1) is 12.4 Å². The maximum absolute atomic E-state index is 15.5. The molecule has 3 aromatic rings. The van der Waals surface area contributed by atoms with Crippen molar-refractivity contribution >= 4 is 29.9 Å². The summed E-state index contributed by atoms with van der Waals surface area (Å²) in [7, 11) is 0. The van der Waals surface area contributed by atoms with E-state index in [2.05, 4.69) is 15.3 Å². The van der Waals surface area contributed by atoms with Gasteiger partial charge in [0, 0.05) is 29.7 Å². The van der Waals surface area contributed by atoms with Gasteiger partial charge in [0.15, 0.2) is 5.83 Å². The van der Waals surface area contributed by atoms with Crippen molar-refractivity contribution in [3.8, 4) is 0 Å². The second-order valence-electron chi connectivity index (χ2n) is 10.5. The third-order valence-electron chi connectivity index (χ3n) is 7.40. The zero-order valence-electron chi connectivity index (χ0n) is 23.7. The fourth-order valence-electron chi connectivity index (χ4n) is 4.97. The van der Waals surface area contributed by atoms with Gasteiger partial charge in [0.25, 0.3) is 5.56 Å². The molecule has 2 heterocycles. The number of aliphatic imine (C=N–C) groups is 1. The van der Waals surface area contributed by atoms with E-state index >= 15 is 4.39 Å². The molecular weight excluding hydrogens is 565 g/mol. The van der Waals surface area contributed by atoms with Crippen molar-refractivity contribution in [3.63, 3.8) is 0 Å². The number of amides is 1. The van der Waals surface area contributed by atoms with Gasteiger partial charge in [0.2, 0.25) is 6.41 Å². The largest absolute Gasteiger partial charge is 0.356 e. The molecule has 10 heteroatoms. The van der Waals surface area contributed by atoms with E-state index in [0.29, 0.717) is 22.9 Å². The van der Waals surface area contributed by atoms with E-state index in [0.717, 1.165) is 28.9 Å². The average Bonchev–Trinajstić information content (AvgIpc) is 3.89. The number of allylic oxidation sites excluding steroid dienone is 2. The second kappa shape index (κ2) is 13.3. The number of nitrogens with one attached hydrogen (secondary N) is 1. The fraction of sp³-hybridized carbons (Fsp3) is 0.312. The lowest BCUT2D eigenvalue weighted by molar-refractivity contribution is -0.109. The SMILES string of the molecule is C/C=C/N=C(/C(F)=C/n1c(C)cc(C2C(C)C2c2cncc(F)c2)c(Cl)c1=O)c1cccc(C)c1F.O=CNC1CC1. The molecule has 42 heavy (non-hydrogen) atoms. The lowest BCUT2D eigenvalue weighted by atomic mass is 10.0. The number of carbonyl (C=O) groups is 1. The fourth-order valence-corrected chi connectivity index (χ4v) is 5.24. The molecule has 3 unspecified atom stereocenters. The summed E-state index contributed by atoms with van der Waals surface area (Å²) in [6.07, 6.45) is 9.79. The molecule has 1 aromatic carbocycles. The number of aryl methyl sites for hydroxylation is 2. The minimum Gasteiger partial charge on any atom is -0.356 e. The Balaban J connectivity index is 0.000000600. The Bertz CT molecular complexity index is 1630. The number of carbonyl (C=O) groups excluding carboxylic acids is 1. The molecule has 6 nitrogen and oxygen atoms in total. The Morgan fingerprint density at radius 2 is 1.90 bits per heavy atom. The Kier molecular flexibility index (Phi) is 9.83. The van der Waals surface area contributed by atoms with Gasteiger partial charge in [0.1, 0.15) is 22.4 Å². The first kappa shape index (κ1) is 31.0. The van der Waals surface area contributed by atoms with E-state index < -0.39 is 23.0 Å². The number of nitrogens with zero attached hydrogens (tertiary/aromatic N) is 3. The van der Waals surface area contributed by atoms with Crippen molar-refractivity contribution in [3.05, 3.63) is 116 Å². The zero-order valence-corrected chi connectivity index (χ0v) is 24.5. The van der Waals surface area contributed by atoms with Gasteiger partial charge in [-0.1, -0.05) is 36.7 Å². The lowest BCUT2D eigenvalue weighted by Crippen LogP contribution is -2.21. The van der Waals surface area contributed by atoms with Crippen LogP contribution in [0, 0.1) is 31.4 Å². The van der Waals surface area contributed by atoms with Crippen LogP contribution in [0.25, 0.3) is 6.20 Å². The summed E-state index contributed by atoms with van der Waals surface area (Å²) in [6.45, 7) is 6.94. The van der Waals surface area contributed by atoms with Gasteiger partial charge in [-0.15, -0.1) is 0 Å². The van der Waals surface area contributed by atoms with E-state index in [1.165, 1.54) is 31.2 Å². The van der Waals surface area contributed by atoms with Crippen molar-refractivity contribution in [2.75, 3.05) is 0 Å². The second-order valence-corrected chi connectivity index (χ2v) is 10.9. The molecule has 0 saturated heterocycles. The number of benzene rings is 1. The van der Waals surface area contributed by atoms with Gasteiger partial charge in [-0.25, -0.2) is 13.2 Å². The van der Waals surface area contributed by atoms with Crippen LogP contribution in [0.1, 0.15) is 66.5 Å². The number of rotatable bonds is 8. The van der Waals surface area contributed by atoms with E-state index in [4.69, 9.17) is 11.6 Å². The average molecular weight is 597 g/mol. The van der Waals surface area contributed by atoms with Crippen LogP contribution in [0.5, 0.6) is 0 Å². The molecule has 0 bridgehead atoms. The first-order chi connectivity index (χ1) is 20.1. The van der Waals surface area contributed by atoms with Crippen LogP contribution in [-0.2, 0) is 4.79 Å². The predicted octanol–water partition coefficient (Wildman–Crippen LogP) is 6.99. The normalized spacial score (nSPS) is 20.2. The van der Waals surface area contributed by atoms with Gasteiger partial charge >= 0.3 is 0 Å². The van der Waals surface area contributed by atoms with Crippen LogP contribution in [0.3, 0.4) is 0 Å². The number of halogens is 4. The van der Waals surface area contributed by atoms with Crippen molar-refractivity contribution in [2.24, 2.45) is 10.9 Å². The maximum atomic E-state index is 15.5. The summed E-state index contributed by atoms with van der Waals surface area (Å²) in [5, 5.41) is 2.60. The van der Waals surface area contributed by atoms with Gasteiger partial charge in [-0.05, 0) is 86.3 Å². The minimum absolute atomic E-state index is 0.0198. The molecule has 1 amide bonds. The molecule has 2 aromatic heterocycles. The molecule has 3 atom stereocenters. The summed E-state index contributed by atoms with van der Waals surface area (Å²) < 4.78 is 45.1. The molecule has 2 aliphatic rings. The Morgan fingerprint density at radius 1 is 1.17 bits per heavy atom. The molecule has 0 aliphatic heterocycles. The molecule has 2 fully saturated rings. The van der Waals surface area contributed by atoms with E-state index in [9.17, 15) is 18.4 Å². The molecule has 5 rings (SSSR count). The lowest BCUT2D eigenvalue weighted by Gasteiger charge is -2.12. The quantitative estimate of drug-likeness (QED) is 0.225. The number of pyridine rings is 2. The third-order valence-corrected chi connectivity index (χ3v) is 7.78. The maximum Gasteiger partial charge on any atom is 0.273 e. The van der Waals surface area contributed by atoms with Gasteiger partial charge < -0.3 is 5.32 Å². The summed E-state index contributed by atoms with van der Waals surface area (Å²) in [4.78, 5) is 30.7. The zero-order chi connectivity index (χ0) is 30.6. The first-order valence-electron chi connectivity index (χ1n) is 13.6. The minimum atomic E-state index is -0.893. The highest BCUT2D eigenvalue weighted by molar-refractivity contribution is 6.31. The van der Waals surface area contributed by atoms with Crippen LogP contribution in [-0.4, -0.2) is 27.7 Å². The van der Waals surface area contributed by atoms with Gasteiger partial charge in [-0.3, -0.25) is 24.1 Å². The highest BCUT2D eigenvalue weighted by Gasteiger charge is 2.50. The van der Waals surface area contributed by atoms with Crippen LogP contribution < -0.4 is 10.9 Å². The molecule has 1 N–H and O–H groups in total. The predicted molar refractivity (Wildman–Crippen MR) is 159 cm³/mol. The van der Waals surface area contributed by atoms with Crippen molar-refractivity contribution < 1.29 is 18.0 Å². The first-order valence-corrected chi connectivity index (χ1v) is 14.0. The Morgan fingerprint density at radius 3 is 2.52 bits per heavy atom. The topological polar surface area (TPSA) is 76.3 Å². The highest BCUT2D eigenvalue weighted by atomic mass is 35.5. The van der Waals surface area contributed by atoms with Crippen molar-refractivity contribution in [1.82, 2.24) is 14.9 Å². The summed E-state index contributed by atoms with van der Waals surface area (Å²) in [5.41, 5.74) is 1.28. The molecule has 220 valence electrons. The molecule has 2 aliphatic carbocycles.